The van der Waals surface area contributed by atoms with E-state index < -0.39 is 10.9 Å². The molecule has 0 fully saturated rings. The van der Waals surface area contributed by atoms with Crippen molar-refractivity contribution in [1.82, 2.24) is 29.1 Å². The molecule has 0 unspecified atom stereocenters. The summed E-state index contributed by atoms with van der Waals surface area (Å²) in [4.78, 5) is 4.34. The Labute approximate surface area is 156 Å². The third kappa shape index (κ3) is 3.81. The normalized spacial score (nSPS) is 11.3. The average molecular weight is 383 g/mol. The van der Waals surface area contributed by atoms with Crippen molar-refractivity contribution in [2.75, 3.05) is 5.32 Å². The molecule has 4 rings (SSSR count). The van der Waals surface area contributed by atoms with Gasteiger partial charge in [0.2, 0.25) is 16.8 Å². The molecule has 0 spiro atoms. The van der Waals surface area contributed by atoms with Crippen LogP contribution in [0.1, 0.15) is 5.56 Å². The van der Waals surface area contributed by atoms with Gasteiger partial charge in [-0.05, 0) is 29.8 Å². The van der Waals surface area contributed by atoms with Crippen molar-refractivity contribution in [2.24, 2.45) is 7.05 Å². The molecule has 10 heteroatoms. The van der Waals surface area contributed by atoms with Gasteiger partial charge in [0.05, 0.1) is 23.6 Å². The Hall–Kier alpha value is -3.24. The zero-order valence-corrected chi connectivity index (χ0v) is 15.3. The second-order valence-corrected chi connectivity index (χ2v) is 6.79. The summed E-state index contributed by atoms with van der Waals surface area (Å²) in [5.74, 6) is 0.434. The van der Waals surface area contributed by atoms with Crippen LogP contribution in [0.2, 0.25) is 0 Å². The number of rotatable bonds is 6. The van der Waals surface area contributed by atoms with Crippen molar-refractivity contribution >= 4 is 28.0 Å². The molecule has 0 amide bonds. The number of aromatic nitrogens is 5. The highest BCUT2D eigenvalue weighted by molar-refractivity contribution is 7.70. The van der Waals surface area contributed by atoms with E-state index in [0.717, 1.165) is 28.0 Å². The molecule has 2 N–H and O–H groups in total. The van der Waals surface area contributed by atoms with E-state index in [2.05, 4.69) is 25.2 Å². The highest BCUT2D eigenvalue weighted by Gasteiger charge is 2.09. The van der Waals surface area contributed by atoms with Crippen molar-refractivity contribution in [1.29, 1.82) is 0 Å². The van der Waals surface area contributed by atoms with E-state index in [-0.39, 0.29) is 6.54 Å². The van der Waals surface area contributed by atoms with Crippen LogP contribution >= 0.6 is 0 Å². The molecule has 4 aromatic rings. The van der Waals surface area contributed by atoms with Gasteiger partial charge in [0, 0.05) is 31.0 Å². The van der Waals surface area contributed by atoms with Gasteiger partial charge in [-0.2, -0.15) is 5.10 Å². The predicted octanol–water partition coefficient (Wildman–Crippen LogP) is 1.49. The third-order valence-corrected chi connectivity index (χ3v) is 4.41. The largest absolute Gasteiger partial charge is 0.323 e. The van der Waals surface area contributed by atoms with Gasteiger partial charge >= 0.3 is 0 Å². The molecule has 3 aromatic heterocycles. The maximum Gasteiger partial charge on any atom is 0.245 e. The van der Waals surface area contributed by atoms with Gasteiger partial charge < -0.3 is 5.32 Å². The molecule has 0 aliphatic rings. The Morgan fingerprint density at radius 3 is 2.81 bits per heavy atom. The highest BCUT2D eigenvalue weighted by Crippen LogP contribution is 2.22. The molecule has 27 heavy (non-hydrogen) atoms. The second kappa shape index (κ2) is 7.17. The zero-order valence-electron chi connectivity index (χ0n) is 14.4. The molecule has 0 bridgehead atoms. The van der Waals surface area contributed by atoms with Gasteiger partial charge in [-0.15, -0.1) is 5.10 Å². The maximum absolute atomic E-state index is 10.7. The van der Waals surface area contributed by atoms with Gasteiger partial charge in [0.1, 0.15) is 0 Å². The summed E-state index contributed by atoms with van der Waals surface area (Å²) >= 11 is 0. The van der Waals surface area contributed by atoms with Gasteiger partial charge in [0.15, 0.2) is 0 Å². The third-order valence-electron chi connectivity index (χ3n) is 3.99. The fourth-order valence-corrected chi connectivity index (χ4v) is 3.09. The lowest BCUT2D eigenvalue weighted by Gasteiger charge is -2.08. The molecule has 0 aliphatic heterocycles. The van der Waals surface area contributed by atoms with Crippen molar-refractivity contribution in [3.8, 4) is 11.3 Å². The predicted molar refractivity (Wildman–Crippen MR) is 102 cm³/mol. The van der Waals surface area contributed by atoms with Crippen molar-refractivity contribution < 1.29 is 8.42 Å². The van der Waals surface area contributed by atoms with Crippen LogP contribution in [0.4, 0.5) is 11.6 Å². The number of fused-ring (bicyclic) bond motifs is 1. The minimum atomic E-state index is -2.63. The standard InChI is InChI=1S/C17H17N7O2S/c1-23-11-13(9-19-23)16-6-5-15-10-18-17(22-24(15)16)21-14-4-2-3-12(7-14)8-20-27(25)26/h2-7,9-11,27H,8H2,1H3,(H,21,22)(H,20,25,26). The van der Waals surface area contributed by atoms with E-state index >= 15 is 0 Å². The van der Waals surface area contributed by atoms with Crippen LogP contribution in [-0.4, -0.2) is 32.8 Å². The molecule has 0 saturated heterocycles. The molecule has 1 aromatic carbocycles. The molecule has 9 nitrogen and oxygen atoms in total. The van der Waals surface area contributed by atoms with Crippen LogP contribution in [0.15, 0.2) is 55.0 Å². The number of hydrogen-bond acceptors (Lipinski definition) is 6. The van der Waals surface area contributed by atoms with Crippen molar-refractivity contribution in [3.05, 3.63) is 60.6 Å². The molecular formula is C17H17N7O2S. The van der Waals surface area contributed by atoms with Crippen LogP contribution in [0.25, 0.3) is 16.8 Å². The van der Waals surface area contributed by atoms with E-state index in [1.165, 1.54) is 0 Å². The number of benzene rings is 1. The Bertz CT molecular complexity index is 1170. The molecule has 0 saturated carbocycles. The number of hydrogen-bond donors (Lipinski definition) is 3. The molecule has 3 heterocycles. The van der Waals surface area contributed by atoms with E-state index in [0.29, 0.717) is 5.95 Å². The summed E-state index contributed by atoms with van der Waals surface area (Å²) in [5, 5.41) is 11.9. The number of thiol groups is 1. The van der Waals surface area contributed by atoms with Gasteiger partial charge in [-0.1, -0.05) is 12.1 Å². The fraction of sp³-hybridized carbons (Fsp3) is 0.118. The zero-order chi connectivity index (χ0) is 18.8. The summed E-state index contributed by atoms with van der Waals surface area (Å²) in [5.41, 5.74) is 4.35. The lowest BCUT2D eigenvalue weighted by atomic mass is 10.2. The highest BCUT2D eigenvalue weighted by atomic mass is 32.2. The van der Waals surface area contributed by atoms with E-state index in [4.69, 9.17) is 0 Å². The molecular weight excluding hydrogens is 366 g/mol. The Balaban J connectivity index is 1.62. The minimum absolute atomic E-state index is 0.233. The Kier molecular flexibility index (Phi) is 4.57. The summed E-state index contributed by atoms with van der Waals surface area (Å²) in [7, 11) is -0.758. The first-order chi connectivity index (χ1) is 13.1. The average Bonchev–Trinajstić information content (AvgIpc) is 3.26. The van der Waals surface area contributed by atoms with Gasteiger partial charge in [-0.3, -0.25) is 4.68 Å². The first-order valence-electron chi connectivity index (χ1n) is 8.16. The minimum Gasteiger partial charge on any atom is -0.323 e. The monoisotopic (exact) mass is 383 g/mol. The molecule has 0 aliphatic carbocycles. The second-order valence-electron chi connectivity index (χ2n) is 5.96. The number of anilines is 2. The lowest BCUT2D eigenvalue weighted by Crippen LogP contribution is -2.10. The molecule has 0 atom stereocenters. The van der Waals surface area contributed by atoms with Crippen LogP contribution in [0.3, 0.4) is 0 Å². The van der Waals surface area contributed by atoms with Crippen LogP contribution in [-0.2, 0) is 24.5 Å². The Morgan fingerprint density at radius 1 is 1.15 bits per heavy atom. The Morgan fingerprint density at radius 2 is 2.04 bits per heavy atom. The topological polar surface area (TPSA) is 106 Å². The number of nitrogens with one attached hydrogen (secondary N) is 2. The summed E-state index contributed by atoms with van der Waals surface area (Å²) < 4.78 is 27.3. The van der Waals surface area contributed by atoms with E-state index in [9.17, 15) is 8.42 Å². The van der Waals surface area contributed by atoms with Crippen LogP contribution in [0, 0.1) is 0 Å². The van der Waals surface area contributed by atoms with Crippen LogP contribution in [0.5, 0.6) is 0 Å². The van der Waals surface area contributed by atoms with E-state index in [1.54, 1.807) is 21.6 Å². The fourth-order valence-electron chi connectivity index (χ4n) is 2.78. The maximum atomic E-state index is 10.7. The lowest BCUT2D eigenvalue weighted by molar-refractivity contribution is 0.601. The molecule has 138 valence electrons. The van der Waals surface area contributed by atoms with Gasteiger partial charge in [-0.25, -0.2) is 22.6 Å². The van der Waals surface area contributed by atoms with E-state index in [1.807, 2.05) is 49.6 Å². The molecule has 0 radical (unpaired) electrons. The van der Waals surface area contributed by atoms with Gasteiger partial charge in [0.25, 0.3) is 0 Å². The first kappa shape index (κ1) is 17.2. The first-order valence-corrected chi connectivity index (χ1v) is 9.34. The van der Waals surface area contributed by atoms with Crippen molar-refractivity contribution in [3.63, 3.8) is 0 Å². The van der Waals surface area contributed by atoms with Crippen LogP contribution < -0.4 is 10.0 Å². The SMILES string of the molecule is Cn1cc(-c2ccc3cnc(Nc4cccc(CN[SH](=O)=O)c4)nn23)cn1. The smallest absolute Gasteiger partial charge is 0.245 e. The summed E-state index contributed by atoms with van der Waals surface area (Å²) in [6.07, 6.45) is 5.45. The summed E-state index contributed by atoms with van der Waals surface area (Å²) in [6, 6.07) is 11.3. The summed E-state index contributed by atoms with van der Waals surface area (Å²) in [6.45, 7) is 0.233. The van der Waals surface area contributed by atoms with Crippen molar-refractivity contribution in [2.45, 2.75) is 6.54 Å². The number of nitrogens with zero attached hydrogens (tertiary/aromatic N) is 5. The number of aryl methyl sites for hydroxylation is 1. The quantitative estimate of drug-likeness (QED) is 0.436.